The average molecular weight is 299 g/mol. The summed E-state index contributed by atoms with van der Waals surface area (Å²) in [4.78, 5) is 6.82. The summed E-state index contributed by atoms with van der Waals surface area (Å²) in [6, 6.07) is 2.11. The molecule has 1 fully saturated rings. The Hall–Kier alpha value is -0.610. The number of anilines is 1. The molecule has 0 aliphatic carbocycles. The van der Waals surface area contributed by atoms with Gasteiger partial charge in [0.05, 0.1) is 6.10 Å². The van der Waals surface area contributed by atoms with E-state index in [1.54, 1.807) is 0 Å². The first-order valence-electron chi connectivity index (χ1n) is 6.19. The van der Waals surface area contributed by atoms with Crippen molar-refractivity contribution >= 4 is 21.7 Å². The van der Waals surface area contributed by atoms with E-state index in [0.29, 0.717) is 6.10 Å². The number of halogens is 1. The van der Waals surface area contributed by atoms with Crippen molar-refractivity contribution in [2.24, 2.45) is 0 Å². The van der Waals surface area contributed by atoms with E-state index in [0.717, 1.165) is 30.0 Å². The smallest absolute Gasteiger partial charge is 0.131 e. The maximum absolute atomic E-state index is 5.69. The van der Waals surface area contributed by atoms with Gasteiger partial charge in [-0.25, -0.2) is 4.98 Å². The molecule has 0 saturated carbocycles. The highest BCUT2D eigenvalue weighted by Crippen LogP contribution is 2.22. The van der Waals surface area contributed by atoms with Crippen LogP contribution in [0.25, 0.3) is 0 Å². The summed E-state index contributed by atoms with van der Waals surface area (Å²) in [6.45, 7) is 7.10. The number of aromatic nitrogens is 1. The van der Waals surface area contributed by atoms with Gasteiger partial charge in [0.25, 0.3) is 0 Å². The molecule has 1 aliphatic heterocycles. The van der Waals surface area contributed by atoms with Gasteiger partial charge in [-0.1, -0.05) is 0 Å². The fraction of sp³-hybridized carbons (Fsp3) is 0.615. The summed E-state index contributed by atoms with van der Waals surface area (Å²) < 4.78 is 6.73. The molecule has 0 N–H and O–H groups in total. The van der Waals surface area contributed by atoms with Gasteiger partial charge in [0.1, 0.15) is 5.82 Å². The fourth-order valence-electron chi connectivity index (χ4n) is 2.26. The maximum Gasteiger partial charge on any atom is 0.131 e. The summed E-state index contributed by atoms with van der Waals surface area (Å²) in [5, 5.41) is 0. The van der Waals surface area contributed by atoms with Crippen molar-refractivity contribution < 1.29 is 4.74 Å². The van der Waals surface area contributed by atoms with Crippen molar-refractivity contribution in [2.45, 2.75) is 32.8 Å². The van der Waals surface area contributed by atoms with E-state index in [9.17, 15) is 0 Å². The van der Waals surface area contributed by atoms with Gasteiger partial charge >= 0.3 is 0 Å². The Morgan fingerprint density at radius 1 is 1.59 bits per heavy atom. The van der Waals surface area contributed by atoms with E-state index in [2.05, 4.69) is 45.7 Å². The van der Waals surface area contributed by atoms with Crippen molar-refractivity contribution in [3.05, 3.63) is 22.3 Å². The Morgan fingerprint density at radius 3 is 3.00 bits per heavy atom. The molecule has 1 aliphatic rings. The second-order valence-corrected chi connectivity index (χ2v) is 5.38. The highest BCUT2D eigenvalue weighted by molar-refractivity contribution is 9.10. The minimum Gasteiger partial charge on any atom is -0.376 e. The van der Waals surface area contributed by atoms with Crippen LogP contribution in [0.1, 0.15) is 25.3 Å². The third kappa shape index (κ3) is 3.19. The number of nitrogens with zero attached hydrogens (tertiary/aromatic N) is 2. The molecule has 0 radical (unpaired) electrons. The van der Waals surface area contributed by atoms with E-state index in [-0.39, 0.29) is 0 Å². The molecule has 1 aromatic heterocycles. The third-order valence-corrected chi connectivity index (χ3v) is 3.58. The predicted molar refractivity (Wildman–Crippen MR) is 73.5 cm³/mol. The fourth-order valence-corrected chi connectivity index (χ4v) is 2.71. The van der Waals surface area contributed by atoms with Crippen LogP contribution in [0.4, 0.5) is 5.82 Å². The summed E-state index contributed by atoms with van der Waals surface area (Å²) in [5.41, 5.74) is 1.21. The first-order chi connectivity index (χ1) is 8.20. The number of hydrogen-bond donors (Lipinski definition) is 0. The number of rotatable bonds is 4. The van der Waals surface area contributed by atoms with Crippen LogP contribution in [-0.4, -0.2) is 30.8 Å². The zero-order valence-corrected chi connectivity index (χ0v) is 12.0. The largest absolute Gasteiger partial charge is 0.376 e. The summed E-state index contributed by atoms with van der Waals surface area (Å²) in [5.74, 6) is 1.08. The molecule has 1 atom stereocenters. The molecule has 2 heterocycles. The van der Waals surface area contributed by atoms with Crippen LogP contribution < -0.4 is 4.90 Å². The summed E-state index contributed by atoms with van der Waals surface area (Å²) in [6.07, 6.45) is 4.60. The van der Waals surface area contributed by atoms with Crippen LogP contribution in [0.15, 0.2) is 16.7 Å². The number of aryl methyl sites for hydroxylation is 1. The Labute approximate surface area is 111 Å². The van der Waals surface area contributed by atoms with Crippen molar-refractivity contribution in [3.8, 4) is 0 Å². The lowest BCUT2D eigenvalue weighted by Crippen LogP contribution is -2.33. The zero-order chi connectivity index (χ0) is 12.3. The summed E-state index contributed by atoms with van der Waals surface area (Å²) >= 11 is 3.45. The molecule has 0 amide bonds. The van der Waals surface area contributed by atoms with Crippen LogP contribution in [-0.2, 0) is 4.74 Å². The lowest BCUT2D eigenvalue weighted by Gasteiger charge is -2.26. The SMILES string of the molecule is CCN(CC1CCCO1)c1ncc(Br)cc1C. The van der Waals surface area contributed by atoms with Gasteiger partial charge in [-0.2, -0.15) is 0 Å². The van der Waals surface area contributed by atoms with Crippen molar-refractivity contribution in [3.63, 3.8) is 0 Å². The van der Waals surface area contributed by atoms with Crippen LogP contribution in [0, 0.1) is 6.92 Å². The number of ether oxygens (including phenoxy) is 1. The van der Waals surface area contributed by atoms with Crippen molar-refractivity contribution in [1.82, 2.24) is 4.98 Å². The summed E-state index contributed by atoms with van der Waals surface area (Å²) in [7, 11) is 0. The van der Waals surface area contributed by atoms with Crippen LogP contribution in [0.2, 0.25) is 0 Å². The van der Waals surface area contributed by atoms with E-state index < -0.39 is 0 Å². The Balaban J connectivity index is 2.10. The molecule has 94 valence electrons. The molecule has 1 aromatic rings. The second kappa shape index (κ2) is 5.83. The molecule has 1 saturated heterocycles. The third-order valence-electron chi connectivity index (χ3n) is 3.15. The minimum atomic E-state index is 0.375. The minimum absolute atomic E-state index is 0.375. The maximum atomic E-state index is 5.69. The van der Waals surface area contributed by atoms with Crippen LogP contribution >= 0.6 is 15.9 Å². The van der Waals surface area contributed by atoms with Crippen molar-refractivity contribution in [1.29, 1.82) is 0 Å². The Morgan fingerprint density at radius 2 is 2.41 bits per heavy atom. The quantitative estimate of drug-likeness (QED) is 0.854. The topological polar surface area (TPSA) is 25.4 Å². The first-order valence-corrected chi connectivity index (χ1v) is 6.98. The number of pyridine rings is 1. The van der Waals surface area contributed by atoms with Gasteiger partial charge in [0, 0.05) is 30.4 Å². The molecule has 0 spiro atoms. The van der Waals surface area contributed by atoms with Gasteiger partial charge in [0.15, 0.2) is 0 Å². The van der Waals surface area contributed by atoms with Crippen LogP contribution in [0.5, 0.6) is 0 Å². The van der Waals surface area contributed by atoms with E-state index in [1.165, 1.54) is 18.4 Å². The van der Waals surface area contributed by atoms with E-state index in [4.69, 9.17) is 4.74 Å². The van der Waals surface area contributed by atoms with Gasteiger partial charge in [0.2, 0.25) is 0 Å². The molecule has 17 heavy (non-hydrogen) atoms. The number of hydrogen-bond acceptors (Lipinski definition) is 3. The van der Waals surface area contributed by atoms with Gasteiger partial charge in [-0.3, -0.25) is 0 Å². The Kier molecular flexibility index (Phi) is 4.40. The van der Waals surface area contributed by atoms with E-state index in [1.807, 2.05) is 6.20 Å². The normalized spacial score (nSPS) is 19.6. The lowest BCUT2D eigenvalue weighted by atomic mass is 10.2. The zero-order valence-electron chi connectivity index (χ0n) is 10.4. The van der Waals surface area contributed by atoms with Gasteiger partial charge < -0.3 is 9.64 Å². The molecule has 2 rings (SSSR count). The van der Waals surface area contributed by atoms with Gasteiger partial charge in [-0.05, 0) is 54.2 Å². The highest BCUT2D eigenvalue weighted by atomic mass is 79.9. The molecule has 0 bridgehead atoms. The standard InChI is InChI=1S/C13H19BrN2O/c1-3-16(9-12-5-4-6-17-12)13-10(2)7-11(14)8-15-13/h7-8,12H,3-6,9H2,1-2H3. The average Bonchev–Trinajstić information content (AvgIpc) is 2.79. The van der Waals surface area contributed by atoms with E-state index >= 15 is 0 Å². The van der Waals surface area contributed by atoms with Crippen molar-refractivity contribution in [2.75, 3.05) is 24.6 Å². The lowest BCUT2D eigenvalue weighted by molar-refractivity contribution is 0.115. The monoisotopic (exact) mass is 298 g/mol. The van der Waals surface area contributed by atoms with Crippen LogP contribution in [0.3, 0.4) is 0 Å². The first kappa shape index (κ1) is 12.8. The molecular formula is C13H19BrN2O. The predicted octanol–water partition coefficient (Wildman–Crippen LogP) is 3.16. The molecule has 1 unspecified atom stereocenters. The Bertz CT molecular complexity index is 378. The number of likely N-dealkylation sites (N-methyl/N-ethyl adjacent to an activating group) is 1. The molecule has 4 heteroatoms. The molecule has 0 aromatic carbocycles. The second-order valence-electron chi connectivity index (χ2n) is 4.47. The molecule has 3 nitrogen and oxygen atoms in total. The molecular weight excluding hydrogens is 280 g/mol. The highest BCUT2D eigenvalue weighted by Gasteiger charge is 2.20. The van der Waals surface area contributed by atoms with Gasteiger partial charge in [-0.15, -0.1) is 0 Å².